The van der Waals surface area contributed by atoms with Crippen LogP contribution < -0.4 is 27.3 Å². The Morgan fingerprint density at radius 3 is 1.98 bits per heavy atom. The lowest BCUT2D eigenvalue weighted by Gasteiger charge is -2.37. The van der Waals surface area contributed by atoms with Gasteiger partial charge in [-0.2, -0.15) is 0 Å². The number of hydrogen-bond acceptors (Lipinski definition) is 15. The van der Waals surface area contributed by atoms with Gasteiger partial charge >= 0.3 is 24.2 Å². The summed E-state index contributed by atoms with van der Waals surface area (Å²) in [5.74, 6) is 8.36. The molecule has 0 aliphatic rings. The van der Waals surface area contributed by atoms with Gasteiger partial charge in [-0.05, 0) is 45.4 Å². The predicted octanol–water partition coefficient (Wildman–Crippen LogP) is 2.56. The molecule has 0 amide bonds. The zero-order chi connectivity index (χ0) is 33.0. The van der Waals surface area contributed by atoms with Gasteiger partial charge in [0.15, 0.2) is 11.9 Å². The number of nitrogens with one attached hydrogen (secondary N) is 2. The Kier molecular flexibility index (Phi) is 14.5. The van der Waals surface area contributed by atoms with E-state index in [1.54, 1.807) is 41.5 Å². The highest BCUT2D eigenvalue weighted by molar-refractivity contribution is 5.95. The molecule has 0 saturated heterocycles. The molecule has 0 aromatic heterocycles. The molecule has 43 heavy (non-hydrogen) atoms. The van der Waals surface area contributed by atoms with Crippen molar-refractivity contribution >= 4 is 30.0 Å². The molecule has 1 aromatic carbocycles. The van der Waals surface area contributed by atoms with E-state index in [0.717, 1.165) is 0 Å². The Balaban J connectivity index is 3.44. The van der Waals surface area contributed by atoms with Crippen molar-refractivity contribution in [3.05, 3.63) is 29.8 Å². The second-order valence-corrected chi connectivity index (χ2v) is 10.6. The van der Waals surface area contributed by atoms with Gasteiger partial charge in [-0.1, -0.05) is 39.8 Å². The van der Waals surface area contributed by atoms with Crippen LogP contribution in [0.4, 0.5) is 9.59 Å². The molecule has 4 atom stereocenters. The van der Waals surface area contributed by atoms with Gasteiger partial charge in [0, 0.05) is 12.3 Å². The van der Waals surface area contributed by atoms with E-state index in [1.165, 1.54) is 38.1 Å². The number of esters is 2. The van der Waals surface area contributed by atoms with E-state index in [9.17, 15) is 24.0 Å². The highest BCUT2D eigenvalue weighted by Crippen LogP contribution is 2.35. The lowest BCUT2D eigenvalue weighted by atomic mass is 9.80. The number of Topliss-reactive ketones (excluding diaryl/α,β-unsaturated/α-hetero) is 1. The minimum atomic E-state index is -1.91. The van der Waals surface area contributed by atoms with Crippen LogP contribution in [0.25, 0.3) is 0 Å². The Morgan fingerprint density at radius 2 is 1.47 bits per heavy atom. The number of hydrazine groups is 2. The molecule has 0 fully saturated rings. The summed E-state index contributed by atoms with van der Waals surface area (Å²) in [5, 5.41) is 0. The molecule has 0 saturated carbocycles. The molecule has 0 aliphatic heterocycles. The predicted molar refractivity (Wildman–Crippen MR) is 152 cm³/mol. The number of benzene rings is 1. The van der Waals surface area contributed by atoms with Crippen LogP contribution in [0.15, 0.2) is 24.3 Å². The molecule has 0 radical (unpaired) electrons. The van der Waals surface area contributed by atoms with Crippen molar-refractivity contribution in [3.8, 4) is 5.75 Å². The maximum atomic E-state index is 13.9. The Hall–Kier alpha value is -3.79. The monoisotopic (exact) mass is 612 g/mol. The smallest absolute Gasteiger partial charge is 0.435 e. The summed E-state index contributed by atoms with van der Waals surface area (Å²) in [7, 11) is 0. The zero-order valence-corrected chi connectivity index (χ0v) is 25.9. The Bertz CT molecular complexity index is 1130. The number of ketones is 1. The van der Waals surface area contributed by atoms with E-state index < -0.39 is 71.8 Å². The molecule has 15 heteroatoms. The number of nitrogens with two attached hydrogens (primary N) is 2. The van der Waals surface area contributed by atoms with Gasteiger partial charge in [-0.3, -0.25) is 21.3 Å². The minimum absolute atomic E-state index is 0.0212. The summed E-state index contributed by atoms with van der Waals surface area (Å²) in [5.41, 5.74) is 1.10. The molecule has 0 heterocycles. The maximum absolute atomic E-state index is 13.9. The highest BCUT2D eigenvalue weighted by Gasteiger charge is 2.49. The van der Waals surface area contributed by atoms with Gasteiger partial charge in [0.1, 0.15) is 16.8 Å². The molecule has 0 unspecified atom stereocenters. The Morgan fingerprint density at radius 1 is 0.860 bits per heavy atom. The first-order valence-corrected chi connectivity index (χ1v) is 13.8. The van der Waals surface area contributed by atoms with Crippen LogP contribution in [0.1, 0.15) is 73.5 Å². The van der Waals surface area contributed by atoms with Crippen molar-refractivity contribution in [3.63, 3.8) is 0 Å². The number of carbonyl (C=O) groups is 5. The van der Waals surface area contributed by atoms with E-state index in [1.807, 2.05) is 0 Å². The Labute approximate surface area is 251 Å². The van der Waals surface area contributed by atoms with Crippen LogP contribution in [0.3, 0.4) is 0 Å². The standard InChI is InChI=1S/C28H44N4O11/c1-9-38-25(36)40-19-13-11-12-18(14-19)21(41-26(37)39-10-2)28(8,32-30)20(33)15-27(7,31-29)24(35)43-23(17(5)6)42-22(34)16(3)4/h11-14,16-17,21,23,31-32H,9-10,15,29-30H2,1-8H3/t21-,23+,27-,28+/m0/s1. The highest BCUT2D eigenvalue weighted by atomic mass is 16.7. The van der Waals surface area contributed by atoms with E-state index in [-0.39, 0.29) is 24.5 Å². The number of ether oxygens (including phenoxy) is 6. The second-order valence-electron chi connectivity index (χ2n) is 10.6. The molecule has 0 bridgehead atoms. The SMILES string of the molecule is CCOC(=O)Oc1cccc([C@H](OC(=O)OCC)[C@](C)(NN)C(=O)C[C@](C)(NN)C(=O)O[C@@H](OC(=O)C(C)C)C(C)C)c1. The van der Waals surface area contributed by atoms with Crippen LogP contribution in [0.5, 0.6) is 5.75 Å². The lowest BCUT2D eigenvalue weighted by molar-refractivity contribution is -0.202. The van der Waals surface area contributed by atoms with Gasteiger partial charge < -0.3 is 28.4 Å². The summed E-state index contributed by atoms with van der Waals surface area (Å²) < 4.78 is 31.1. The third-order valence-corrected chi connectivity index (χ3v) is 6.26. The van der Waals surface area contributed by atoms with Crippen LogP contribution in [0, 0.1) is 11.8 Å². The maximum Gasteiger partial charge on any atom is 0.513 e. The molecule has 1 aromatic rings. The summed E-state index contributed by atoms with van der Waals surface area (Å²) >= 11 is 0. The third-order valence-electron chi connectivity index (χ3n) is 6.26. The quantitative estimate of drug-likeness (QED) is 0.0526. The van der Waals surface area contributed by atoms with Crippen molar-refractivity contribution in [1.82, 2.24) is 10.9 Å². The van der Waals surface area contributed by atoms with E-state index in [0.29, 0.717) is 0 Å². The minimum Gasteiger partial charge on any atom is -0.435 e. The second kappa shape index (κ2) is 16.7. The largest absolute Gasteiger partial charge is 0.513 e. The van der Waals surface area contributed by atoms with Gasteiger partial charge in [0.05, 0.1) is 19.1 Å². The third kappa shape index (κ3) is 10.5. The van der Waals surface area contributed by atoms with Crippen molar-refractivity contribution in [2.75, 3.05) is 13.2 Å². The molecular formula is C28H44N4O11. The fourth-order valence-electron chi connectivity index (χ4n) is 3.52. The summed E-state index contributed by atoms with van der Waals surface area (Å²) in [6.45, 7) is 12.5. The molecule has 0 aliphatic carbocycles. The van der Waals surface area contributed by atoms with Crippen LogP contribution >= 0.6 is 0 Å². The van der Waals surface area contributed by atoms with Crippen molar-refractivity contribution in [1.29, 1.82) is 0 Å². The van der Waals surface area contributed by atoms with Crippen LogP contribution in [0.2, 0.25) is 0 Å². The first kappa shape index (κ1) is 37.2. The average molecular weight is 613 g/mol. The van der Waals surface area contributed by atoms with Gasteiger partial charge in [-0.25, -0.2) is 25.2 Å². The number of rotatable bonds is 16. The molecule has 1 rings (SSSR count). The van der Waals surface area contributed by atoms with Gasteiger partial charge in [0.25, 0.3) is 0 Å². The summed E-state index contributed by atoms with van der Waals surface area (Å²) in [4.78, 5) is 63.6. The average Bonchev–Trinajstić information content (AvgIpc) is 2.95. The van der Waals surface area contributed by atoms with E-state index >= 15 is 0 Å². The van der Waals surface area contributed by atoms with Crippen LogP contribution in [-0.4, -0.2) is 60.6 Å². The first-order chi connectivity index (χ1) is 20.1. The molecule has 242 valence electrons. The zero-order valence-electron chi connectivity index (χ0n) is 25.9. The first-order valence-electron chi connectivity index (χ1n) is 13.8. The lowest BCUT2D eigenvalue weighted by Crippen LogP contribution is -2.63. The number of carbonyl (C=O) groups excluding carboxylic acids is 5. The van der Waals surface area contributed by atoms with Gasteiger partial charge in [0.2, 0.25) is 6.29 Å². The molecular weight excluding hydrogens is 568 g/mol. The van der Waals surface area contributed by atoms with Gasteiger partial charge in [-0.15, -0.1) is 0 Å². The molecule has 15 nitrogen and oxygen atoms in total. The number of hydrogen-bond donors (Lipinski definition) is 4. The molecule has 6 N–H and O–H groups in total. The van der Waals surface area contributed by atoms with E-state index in [2.05, 4.69) is 10.9 Å². The topological polar surface area (TPSA) is 217 Å². The summed E-state index contributed by atoms with van der Waals surface area (Å²) in [6.07, 6.45) is -5.45. The van der Waals surface area contributed by atoms with Crippen molar-refractivity contribution in [2.45, 2.75) is 85.3 Å². The van der Waals surface area contributed by atoms with Crippen molar-refractivity contribution in [2.24, 2.45) is 23.5 Å². The fraction of sp³-hybridized carbons (Fsp3) is 0.607. The van der Waals surface area contributed by atoms with E-state index in [4.69, 9.17) is 40.1 Å². The normalized spacial score (nSPS) is 15.3. The molecule has 0 spiro atoms. The van der Waals surface area contributed by atoms with Crippen molar-refractivity contribution < 1.29 is 52.4 Å². The summed E-state index contributed by atoms with van der Waals surface area (Å²) in [6, 6.07) is 5.77. The fourth-order valence-corrected chi connectivity index (χ4v) is 3.52. The van der Waals surface area contributed by atoms with Crippen LogP contribution in [-0.2, 0) is 38.1 Å².